The highest BCUT2D eigenvalue weighted by Gasteiger charge is 2.31. The highest BCUT2D eigenvalue weighted by atomic mass is 16.1. The maximum Gasteiger partial charge on any atom is 0.224 e. The van der Waals surface area contributed by atoms with Crippen LogP contribution in [-0.2, 0) is 11.3 Å². The fourth-order valence-electron chi connectivity index (χ4n) is 4.95. The first-order valence-electron chi connectivity index (χ1n) is 10.9. The smallest absolute Gasteiger partial charge is 0.224 e. The van der Waals surface area contributed by atoms with Gasteiger partial charge in [-0.25, -0.2) is 0 Å². The minimum absolute atomic E-state index is 0.127. The third kappa shape index (κ3) is 4.26. The van der Waals surface area contributed by atoms with E-state index in [4.69, 9.17) is 0 Å². The number of rotatable bonds is 5. The van der Waals surface area contributed by atoms with Crippen LogP contribution < -0.4 is 5.32 Å². The van der Waals surface area contributed by atoms with Crippen LogP contribution in [0.4, 0.5) is 0 Å². The van der Waals surface area contributed by atoms with E-state index < -0.39 is 0 Å². The van der Waals surface area contributed by atoms with Gasteiger partial charge in [-0.3, -0.25) is 9.69 Å². The van der Waals surface area contributed by atoms with Crippen molar-refractivity contribution in [3.8, 4) is 0 Å². The van der Waals surface area contributed by atoms with Gasteiger partial charge in [0, 0.05) is 42.3 Å². The number of aromatic nitrogens is 1. The normalized spacial score (nSPS) is 22.8. The monoisotopic (exact) mass is 382 g/mol. The van der Waals surface area contributed by atoms with Crippen molar-refractivity contribution in [1.82, 2.24) is 20.1 Å². The SMILES string of the molecule is CC(C)N1CCC(N2CCCC(C(=O)NCc3cccc4[nH]ccc34)C2)CC1. The second-order valence-corrected chi connectivity index (χ2v) is 8.77. The van der Waals surface area contributed by atoms with Gasteiger partial charge in [0.15, 0.2) is 0 Å². The van der Waals surface area contributed by atoms with Crippen LogP contribution >= 0.6 is 0 Å². The molecule has 152 valence electrons. The Bertz CT molecular complexity index is 791. The molecule has 1 amide bonds. The standard InChI is InChI=1S/C23H34N4O/c1-17(2)26-13-9-20(10-14-26)27-12-4-6-19(16-27)23(28)25-15-18-5-3-7-22-21(18)8-11-24-22/h3,5,7-8,11,17,19-20,24H,4,6,9-10,12-16H2,1-2H3,(H,25,28). The van der Waals surface area contributed by atoms with Crippen LogP contribution in [0, 0.1) is 5.92 Å². The third-order valence-corrected chi connectivity index (χ3v) is 6.71. The summed E-state index contributed by atoms with van der Waals surface area (Å²) in [5.74, 6) is 0.346. The lowest BCUT2D eigenvalue weighted by molar-refractivity contribution is -0.127. The zero-order chi connectivity index (χ0) is 19.5. The van der Waals surface area contributed by atoms with Crippen LogP contribution in [0.5, 0.6) is 0 Å². The highest BCUT2D eigenvalue weighted by molar-refractivity contribution is 5.84. The number of carbonyl (C=O) groups is 1. The topological polar surface area (TPSA) is 51.4 Å². The quantitative estimate of drug-likeness (QED) is 0.834. The summed E-state index contributed by atoms with van der Waals surface area (Å²) < 4.78 is 0. The fourth-order valence-corrected chi connectivity index (χ4v) is 4.95. The third-order valence-electron chi connectivity index (χ3n) is 6.71. The molecule has 2 N–H and O–H groups in total. The van der Waals surface area contributed by atoms with Gasteiger partial charge in [-0.2, -0.15) is 0 Å². The van der Waals surface area contributed by atoms with Crippen molar-refractivity contribution in [3.63, 3.8) is 0 Å². The summed E-state index contributed by atoms with van der Waals surface area (Å²) >= 11 is 0. The molecule has 1 unspecified atom stereocenters. The molecule has 0 radical (unpaired) electrons. The summed E-state index contributed by atoms with van der Waals surface area (Å²) in [6.07, 6.45) is 6.58. The lowest BCUT2D eigenvalue weighted by Gasteiger charge is -2.43. The molecule has 28 heavy (non-hydrogen) atoms. The molecule has 2 aliphatic rings. The van der Waals surface area contributed by atoms with E-state index >= 15 is 0 Å². The van der Waals surface area contributed by atoms with E-state index in [0.29, 0.717) is 18.6 Å². The maximum absolute atomic E-state index is 12.9. The molecule has 1 atom stereocenters. The van der Waals surface area contributed by atoms with Gasteiger partial charge >= 0.3 is 0 Å². The zero-order valence-electron chi connectivity index (χ0n) is 17.3. The molecular formula is C23H34N4O. The van der Waals surface area contributed by atoms with Crippen LogP contribution in [-0.4, -0.2) is 59.0 Å². The second-order valence-electron chi connectivity index (χ2n) is 8.77. The molecule has 2 fully saturated rings. The predicted octanol–water partition coefficient (Wildman–Crippen LogP) is 3.37. The van der Waals surface area contributed by atoms with Crippen molar-refractivity contribution in [2.24, 2.45) is 5.92 Å². The minimum atomic E-state index is 0.127. The van der Waals surface area contributed by atoms with E-state index in [-0.39, 0.29) is 11.8 Å². The van der Waals surface area contributed by atoms with Crippen LogP contribution in [0.1, 0.15) is 45.1 Å². The first-order chi connectivity index (χ1) is 13.6. The number of amides is 1. The lowest BCUT2D eigenvalue weighted by atomic mass is 9.93. The number of aromatic amines is 1. The number of nitrogens with one attached hydrogen (secondary N) is 2. The molecule has 0 spiro atoms. The summed E-state index contributed by atoms with van der Waals surface area (Å²) in [6.45, 7) is 9.64. The van der Waals surface area contributed by atoms with Gasteiger partial charge in [0.25, 0.3) is 0 Å². The number of fused-ring (bicyclic) bond motifs is 1. The first-order valence-corrected chi connectivity index (χ1v) is 10.9. The molecule has 0 saturated carbocycles. The molecule has 5 heteroatoms. The van der Waals surface area contributed by atoms with Gasteiger partial charge in [-0.15, -0.1) is 0 Å². The van der Waals surface area contributed by atoms with Crippen molar-refractivity contribution >= 4 is 16.8 Å². The average molecular weight is 383 g/mol. The largest absolute Gasteiger partial charge is 0.361 e. The molecule has 2 aromatic rings. The summed E-state index contributed by atoms with van der Waals surface area (Å²) in [5, 5.41) is 4.41. The summed E-state index contributed by atoms with van der Waals surface area (Å²) in [5.41, 5.74) is 2.31. The van der Waals surface area contributed by atoms with Crippen LogP contribution in [0.25, 0.3) is 10.9 Å². The van der Waals surface area contributed by atoms with Crippen molar-refractivity contribution in [2.75, 3.05) is 26.2 Å². The first kappa shape index (κ1) is 19.5. The molecule has 3 heterocycles. The molecule has 4 rings (SSSR count). The number of piperidine rings is 2. The Labute approximate surface area is 168 Å². The molecule has 0 bridgehead atoms. The van der Waals surface area contributed by atoms with E-state index in [2.05, 4.69) is 52.1 Å². The summed E-state index contributed by atoms with van der Waals surface area (Å²) in [4.78, 5) is 21.3. The molecule has 2 aliphatic heterocycles. The van der Waals surface area contributed by atoms with Gasteiger partial charge < -0.3 is 15.2 Å². The number of hydrogen-bond acceptors (Lipinski definition) is 3. The number of H-pyrrole nitrogens is 1. The average Bonchev–Trinajstić information content (AvgIpc) is 3.21. The summed E-state index contributed by atoms with van der Waals surface area (Å²) in [6, 6.07) is 9.61. The molecule has 1 aromatic carbocycles. The Kier molecular flexibility index (Phi) is 6.02. The Morgan fingerprint density at radius 2 is 2.00 bits per heavy atom. The van der Waals surface area contributed by atoms with Crippen LogP contribution in [0.2, 0.25) is 0 Å². The second kappa shape index (κ2) is 8.66. The van der Waals surface area contributed by atoms with Crippen molar-refractivity contribution in [1.29, 1.82) is 0 Å². The maximum atomic E-state index is 12.9. The van der Waals surface area contributed by atoms with Crippen LogP contribution in [0.3, 0.4) is 0 Å². The highest BCUT2D eigenvalue weighted by Crippen LogP contribution is 2.25. The zero-order valence-corrected chi connectivity index (χ0v) is 17.3. The molecule has 5 nitrogen and oxygen atoms in total. The Morgan fingerprint density at radius 1 is 1.18 bits per heavy atom. The molecular weight excluding hydrogens is 348 g/mol. The lowest BCUT2D eigenvalue weighted by Crippen LogP contribution is -2.51. The minimum Gasteiger partial charge on any atom is -0.361 e. The van der Waals surface area contributed by atoms with E-state index in [1.165, 1.54) is 36.9 Å². The van der Waals surface area contributed by atoms with Crippen LogP contribution in [0.15, 0.2) is 30.5 Å². The van der Waals surface area contributed by atoms with Crippen molar-refractivity contribution in [2.45, 2.75) is 58.2 Å². The van der Waals surface area contributed by atoms with Gasteiger partial charge in [0.2, 0.25) is 5.91 Å². The number of nitrogens with zero attached hydrogens (tertiary/aromatic N) is 2. The molecule has 0 aliphatic carbocycles. The molecule has 1 aromatic heterocycles. The Balaban J connectivity index is 1.30. The van der Waals surface area contributed by atoms with E-state index in [1.54, 1.807) is 0 Å². The van der Waals surface area contributed by atoms with Gasteiger partial charge in [-0.05, 0) is 76.9 Å². The number of carbonyl (C=O) groups excluding carboxylic acids is 1. The van der Waals surface area contributed by atoms with Crippen molar-refractivity contribution < 1.29 is 4.79 Å². The summed E-state index contributed by atoms with van der Waals surface area (Å²) in [7, 11) is 0. The van der Waals surface area contributed by atoms with E-state index in [0.717, 1.165) is 31.4 Å². The van der Waals surface area contributed by atoms with Gasteiger partial charge in [-0.1, -0.05) is 12.1 Å². The Morgan fingerprint density at radius 3 is 2.79 bits per heavy atom. The number of likely N-dealkylation sites (tertiary alicyclic amines) is 2. The Hall–Kier alpha value is -1.85. The number of benzene rings is 1. The van der Waals surface area contributed by atoms with E-state index in [1.807, 2.05) is 12.3 Å². The van der Waals surface area contributed by atoms with Crippen molar-refractivity contribution in [3.05, 3.63) is 36.0 Å². The van der Waals surface area contributed by atoms with Gasteiger partial charge in [0.1, 0.15) is 0 Å². The van der Waals surface area contributed by atoms with Gasteiger partial charge in [0.05, 0.1) is 5.92 Å². The van der Waals surface area contributed by atoms with E-state index in [9.17, 15) is 4.79 Å². The molecule has 2 saturated heterocycles. The number of hydrogen-bond donors (Lipinski definition) is 2. The fraction of sp³-hybridized carbons (Fsp3) is 0.609. The predicted molar refractivity (Wildman–Crippen MR) is 114 cm³/mol.